The standard InChI is InChI=1S/C19H18N2O4S.C12H13NO3S.C8H9NO2/c1-12-4-5-17-14(8-12)9-15(18(21-17)26(3,23)24)11-16-10-13(6-7-20-16)19(22)25-2;1-8-3-4-11-9(5-8)6-10(7-14)12(13-11)17(2,15)16;1-6-5-7(3-4-9-6)8(10)11-2/h4-10H,11H2,1-3H3;3-6,14H,7H2,1-2H3;3-5H,1-2H3. The number of benzene rings is 2. The zero-order valence-corrected chi connectivity index (χ0v) is 32.4. The summed E-state index contributed by atoms with van der Waals surface area (Å²) in [5, 5.41) is 10.9. The number of ether oxygens (including phenoxy) is 2. The molecule has 4 heterocycles. The van der Waals surface area contributed by atoms with Gasteiger partial charge >= 0.3 is 11.9 Å². The largest absolute Gasteiger partial charge is 0.465 e. The van der Waals surface area contributed by atoms with Crippen LogP contribution in [0, 0.1) is 20.8 Å². The minimum Gasteiger partial charge on any atom is -0.465 e. The van der Waals surface area contributed by atoms with Crippen molar-refractivity contribution in [2.75, 3.05) is 26.7 Å². The molecule has 0 amide bonds. The van der Waals surface area contributed by atoms with Crippen LogP contribution in [0.25, 0.3) is 21.8 Å². The van der Waals surface area contributed by atoms with Crippen LogP contribution in [0.2, 0.25) is 0 Å². The van der Waals surface area contributed by atoms with Crippen LogP contribution in [0.1, 0.15) is 54.4 Å². The van der Waals surface area contributed by atoms with Crippen molar-refractivity contribution in [3.63, 3.8) is 0 Å². The van der Waals surface area contributed by atoms with Gasteiger partial charge in [-0.1, -0.05) is 23.3 Å². The van der Waals surface area contributed by atoms with Crippen molar-refractivity contribution in [1.82, 2.24) is 19.9 Å². The van der Waals surface area contributed by atoms with Gasteiger partial charge in [-0.25, -0.2) is 36.4 Å². The van der Waals surface area contributed by atoms with Gasteiger partial charge in [-0.3, -0.25) is 9.97 Å². The number of rotatable bonds is 7. The summed E-state index contributed by atoms with van der Waals surface area (Å²) in [5.41, 5.74) is 6.52. The Hall–Kier alpha value is -5.64. The highest BCUT2D eigenvalue weighted by Gasteiger charge is 2.19. The van der Waals surface area contributed by atoms with Gasteiger partial charge in [0.05, 0.1) is 43.0 Å². The Morgan fingerprint density at radius 1 is 0.630 bits per heavy atom. The van der Waals surface area contributed by atoms with E-state index in [0.29, 0.717) is 39.0 Å². The summed E-state index contributed by atoms with van der Waals surface area (Å²) in [7, 11) is -4.27. The maximum absolute atomic E-state index is 12.2. The number of aliphatic hydroxyl groups is 1. The van der Waals surface area contributed by atoms with Gasteiger partial charge in [-0.15, -0.1) is 0 Å². The number of aromatic nitrogens is 4. The lowest BCUT2D eigenvalue weighted by molar-refractivity contribution is 0.0591. The summed E-state index contributed by atoms with van der Waals surface area (Å²) in [5.74, 6) is -0.792. The minimum atomic E-state index is -3.52. The lowest BCUT2D eigenvalue weighted by atomic mass is 10.1. The molecule has 6 aromatic rings. The highest BCUT2D eigenvalue weighted by Crippen LogP contribution is 2.24. The lowest BCUT2D eigenvalue weighted by Crippen LogP contribution is -2.08. The SMILES string of the molecule is COC(=O)c1ccnc(C)c1.COC(=O)c1ccnc(Cc2cc3cc(C)ccc3nc2S(C)(=O)=O)c1.Cc1ccc2nc(S(C)(=O)=O)c(CO)cc2c1. The number of hydrogen-bond acceptors (Lipinski definition) is 13. The van der Waals surface area contributed by atoms with Crippen molar-refractivity contribution in [2.24, 2.45) is 0 Å². The van der Waals surface area contributed by atoms with Crippen LogP contribution < -0.4 is 0 Å². The summed E-state index contributed by atoms with van der Waals surface area (Å²) >= 11 is 0. The predicted molar refractivity (Wildman–Crippen MR) is 204 cm³/mol. The number of aliphatic hydroxyl groups excluding tert-OH is 1. The molecule has 6 rings (SSSR count). The van der Waals surface area contributed by atoms with Gasteiger partial charge in [0.25, 0.3) is 0 Å². The Kier molecular flexibility index (Phi) is 13.3. The van der Waals surface area contributed by atoms with Crippen LogP contribution in [0.5, 0.6) is 0 Å². The molecule has 2 aromatic carbocycles. The molecular formula is C39H40N4O9S2. The summed E-state index contributed by atoms with van der Waals surface area (Å²) in [6.45, 7) is 5.40. The molecule has 0 fully saturated rings. The number of hydrogen-bond donors (Lipinski definition) is 1. The highest BCUT2D eigenvalue weighted by atomic mass is 32.2. The van der Waals surface area contributed by atoms with Crippen LogP contribution in [-0.2, 0) is 42.2 Å². The van der Waals surface area contributed by atoms with E-state index in [0.717, 1.165) is 40.1 Å². The molecule has 1 N–H and O–H groups in total. The van der Waals surface area contributed by atoms with E-state index in [9.17, 15) is 31.5 Å². The smallest absolute Gasteiger partial charge is 0.337 e. The van der Waals surface area contributed by atoms with Gasteiger partial charge in [0.2, 0.25) is 0 Å². The molecule has 0 aliphatic heterocycles. The van der Waals surface area contributed by atoms with Crippen molar-refractivity contribution in [3.05, 3.63) is 130 Å². The van der Waals surface area contributed by atoms with E-state index in [2.05, 4.69) is 24.7 Å². The molecular weight excluding hydrogens is 733 g/mol. The molecule has 0 spiro atoms. The molecule has 4 aromatic heterocycles. The lowest BCUT2D eigenvalue weighted by Gasteiger charge is -2.10. The number of methoxy groups -OCH3 is 2. The second-order valence-corrected chi connectivity index (χ2v) is 16.2. The van der Waals surface area contributed by atoms with E-state index in [1.54, 1.807) is 48.7 Å². The third kappa shape index (κ3) is 10.7. The fraction of sp³-hybridized carbons (Fsp3) is 0.231. The number of pyridine rings is 4. The zero-order valence-electron chi connectivity index (χ0n) is 30.8. The normalized spacial score (nSPS) is 11.2. The summed E-state index contributed by atoms with van der Waals surface area (Å²) in [6.07, 6.45) is 5.55. The Balaban J connectivity index is 0.000000199. The molecule has 13 nitrogen and oxygen atoms in total. The number of aryl methyl sites for hydroxylation is 3. The third-order valence-corrected chi connectivity index (χ3v) is 9.93. The van der Waals surface area contributed by atoms with E-state index in [4.69, 9.17) is 4.74 Å². The van der Waals surface area contributed by atoms with Gasteiger partial charge in [0.15, 0.2) is 29.7 Å². The molecule has 0 aliphatic carbocycles. The minimum absolute atomic E-state index is 0.0270. The van der Waals surface area contributed by atoms with E-state index in [-0.39, 0.29) is 29.0 Å². The number of esters is 2. The summed E-state index contributed by atoms with van der Waals surface area (Å²) in [6, 6.07) is 21.2. The maximum atomic E-state index is 12.2. The Labute approximate surface area is 313 Å². The molecule has 0 saturated heterocycles. The molecule has 0 aliphatic rings. The van der Waals surface area contributed by atoms with Gasteiger partial charge in [-0.05, 0) is 87.0 Å². The molecule has 54 heavy (non-hydrogen) atoms. The molecule has 0 atom stereocenters. The first-order valence-electron chi connectivity index (χ1n) is 16.3. The van der Waals surface area contributed by atoms with E-state index in [1.165, 1.54) is 20.4 Å². The van der Waals surface area contributed by atoms with Gasteiger partial charge < -0.3 is 14.6 Å². The Morgan fingerprint density at radius 3 is 1.56 bits per heavy atom. The predicted octanol–water partition coefficient (Wildman–Crippen LogP) is 5.33. The van der Waals surface area contributed by atoms with Gasteiger partial charge in [0.1, 0.15) is 0 Å². The quantitative estimate of drug-likeness (QED) is 0.205. The second kappa shape index (κ2) is 17.5. The van der Waals surface area contributed by atoms with Crippen LogP contribution in [0.4, 0.5) is 0 Å². The van der Waals surface area contributed by atoms with Crippen molar-refractivity contribution in [3.8, 4) is 0 Å². The maximum Gasteiger partial charge on any atom is 0.337 e. The Morgan fingerprint density at radius 2 is 1.09 bits per heavy atom. The van der Waals surface area contributed by atoms with Crippen LogP contribution in [0.3, 0.4) is 0 Å². The first-order chi connectivity index (χ1) is 25.4. The molecule has 0 saturated carbocycles. The molecule has 282 valence electrons. The van der Waals surface area contributed by atoms with Gasteiger partial charge in [-0.2, -0.15) is 0 Å². The van der Waals surface area contributed by atoms with Gasteiger partial charge in [0, 0.05) is 59.0 Å². The number of nitrogens with zero attached hydrogens (tertiary/aromatic N) is 4. The second-order valence-electron chi connectivity index (χ2n) is 12.4. The summed E-state index contributed by atoms with van der Waals surface area (Å²) < 4.78 is 56.8. The van der Waals surface area contributed by atoms with E-state index >= 15 is 0 Å². The van der Waals surface area contributed by atoms with Crippen molar-refractivity contribution in [1.29, 1.82) is 0 Å². The van der Waals surface area contributed by atoms with Crippen LogP contribution >= 0.6 is 0 Å². The number of carbonyl (C=O) groups excluding carboxylic acids is 2. The average molecular weight is 773 g/mol. The Bertz CT molecular complexity index is 2580. The summed E-state index contributed by atoms with van der Waals surface area (Å²) in [4.78, 5) is 39.3. The van der Waals surface area contributed by atoms with Crippen molar-refractivity contribution < 1.29 is 41.0 Å². The number of sulfone groups is 2. The average Bonchev–Trinajstić information content (AvgIpc) is 3.13. The van der Waals surface area contributed by atoms with Crippen LogP contribution in [0.15, 0.2) is 95.2 Å². The molecule has 15 heteroatoms. The monoisotopic (exact) mass is 772 g/mol. The zero-order chi connectivity index (χ0) is 39.8. The fourth-order valence-electron chi connectivity index (χ4n) is 5.33. The molecule has 0 bridgehead atoms. The van der Waals surface area contributed by atoms with E-state index < -0.39 is 25.6 Å². The fourth-order valence-corrected chi connectivity index (χ4v) is 7.07. The first kappa shape index (κ1) is 41.1. The van der Waals surface area contributed by atoms with E-state index in [1.807, 2.05) is 51.1 Å². The number of fused-ring (bicyclic) bond motifs is 2. The van der Waals surface area contributed by atoms with Crippen LogP contribution in [-0.4, -0.2) is 80.5 Å². The van der Waals surface area contributed by atoms with Crippen molar-refractivity contribution >= 4 is 53.4 Å². The first-order valence-corrected chi connectivity index (χ1v) is 20.1. The highest BCUT2D eigenvalue weighted by molar-refractivity contribution is 7.91. The topological polar surface area (TPSA) is 193 Å². The molecule has 0 unspecified atom stereocenters. The number of carbonyl (C=O) groups is 2. The van der Waals surface area contributed by atoms with Crippen molar-refractivity contribution in [2.45, 2.75) is 43.9 Å². The molecule has 0 radical (unpaired) electrons. The third-order valence-electron chi connectivity index (χ3n) is 7.82.